The lowest BCUT2D eigenvalue weighted by Gasteiger charge is -2.18. The number of pyridine rings is 1. The van der Waals surface area contributed by atoms with Crippen LogP contribution in [0.5, 0.6) is 17.2 Å². The van der Waals surface area contributed by atoms with Gasteiger partial charge in [0.05, 0.1) is 25.1 Å². The van der Waals surface area contributed by atoms with Gasteiger partial charge in [-0.1, -0.05) is 13.8 Å². The van der Waals surface area contributed by atoms with Crippen LogP contribution >= 0.6 is 0 Å². The Labute approximate surface area is 161 Å². The van der Waals surface area contributed by atoms with Crippen LogP contribution < -0.4 is 20.3 Å². The first kappa shape index (κ1) is 21.1. The molecule has 2 aromatic rings. The first-order valence-corrected chi connectivity index (χ1v) is 8.73. The van der Waals surface area contributed by atoms with Crippen molar-refractivity contribution in [3.63, 3.8) is 0 Å². The molecule has 9 nitrogen and oxygen atoms in total. The van der Waals surface area contributed by atoms with E-state index in [0.717, 1.165) is 0 Å². The summed E-state index contributed by atoms with van der Waals surface area (Å²) in [4.78, 5) is 36.2. The third-order valence-electron chi connectivity index (χ3n) is 4.30. The van der Waals surface area contributed by atoms with Crippen LogP contribution in [0.1, 0.15) is 30.6 Å². The van der Waals surface area contributed by atoms with E-state index in [-0.39, 0.29) is 11.1 Å². The number of fused-ring (bicyclic) bond motifs is 1. The smallest absolute Gasteiger partial charge is 0.322 e. The van der Waals surface area contributed by atoms with E-state index in [2.05, 4.69) is 5.32 Å². The van der Waals surface area contributed by atoms with Gasteiger partial charge in [-0.2, -0.15) is 0 Å². The molecule has 1 heterocycles. The van der Waals surface area contributed by atoms with Crippen LogP contribution in [-0.2, 0) is 11.3 Å². The average Bonchev–Trinajstić information content (AvgIpc) is 2.64. The first-order valence-electron chi connectivity index (χ1n) is 8.73. The Balaban J connectivity index is 2.82. The van der Waals surface area contributed by atoms with E-state index in [0.29, 0.717) is 30.1 Å². The van der Waals surface area contributed by atoms with E-state index >= 15 is 0 Å². The van der Waals surface area contributed by atoms with Crippen molar-refractivity contribution >= 4 is 22.8 Å². The highest BCUT2D eigenvalue weighted by Gasteiger charge is 2.26. The molecule has 3 N–H and O–H groups in total. The van der Waals surface area contributed by atoms with Crippen molar-refractivity contribution in [1.29, 1.82) is 0 Å². The van der Waals surface area contributed by atoms with E-state index in [9.17, 15) is 19.5 Å². The molecule has 152 valence electrons. The third kappa shape index (κ3) is 4.03. The number of hydrogen-bond acceptors (Lipinski definition) is 6. The number of amides is 1. The standard InChI is InChI=1S/C19H24N2O7/c1-10(2)7-8-21-11-5-6-12(27-3)17(28-4)14(11)16(24)15(19(21)26)18(25)20-9-13(22)23/h5-6,10,24H,7-9H2,1-4H3,(H,20,25)(H,22,23). The quantitative estimate of drug-likeness (QED) is 0.622. The van der Waals surface area contributed by atoms with Crippen LogP contribution in [0.25, 0.3) is 10.9 Å². The van der Waals surface area contributed by atoms with E-state index < -0.39 is 35.3 Å². The molecule has 1 aromatic heterocycles. The molecular formula is C19H24N2O7. The number of nitrogens with zero attached hydrogens (tertiary/aromatic N) is 1. The van der Waals surface area contributed by atoms with Gasteiger partial charge in [0.15, 0.2) is 11.5 Å². The number of carboxylic acid groups (broad SMARTS) is 1. The first-order chi connectivity index (χ1) is 13.2. The number of rotatable bonds is 8. The number of hydrogen-bond donors (Lipinski definition) is 3. The number of aromatic nitrogens is 1. The Kier molecular flexibility index (Phi) is 6.50. The number of carbonyl (C=O) groups is 2. The summed E-state index contributed by atoms with van der Waals surface area (Å²) >= 11 is 0. The molecule has 0 radical (unpaired) electrons. The highest BCUT2D eigenvalue weighted by molar-refractivity contribution is 6.05. The highest BCUT2D eigenvalue weighted by atomic mass is 16.5. The zero-order valence-electron chi connectivity index (χ0n) is 16.2. The van der Waals surface area contributed by atoms with Gasteiger partial charge in [0, 0.05) is 6.54 Å². The van der Waals surface area contributed by atoms with Gasteiger partial charge in [0.1, 0.15) is 17.9 Å². The van der Waals surface area contributed by atoms with Crippen LogP contribution in [0, 0.1) is 5.92 Å². The van der Waals surface area contributed by atoms with Crippen molar-refractivity contribution in [2.24, 2.45) is 5.92 Å². The van der Waals surface area contributed by atoms with E-state index in [1.54, 1.807) is 12.1 Å². The SMILES string of the molecule is COc1ccc2c(c(O)c(C(=O)NCC(=O)O)c(=O)n2CCC(C)C)c1OC. The van der Waals surface area contributed by atoms with E-state index in [1.165, 1.54) is 18.8 Å². The molecular weight excluding hydrogens is 368 g/mol. The number of carboxylic acids is 1. The summed E-state index contributed by atoms with van der Waals surface area (Å²) in [5.74, 6) is -2.05. The minimum atomic E-state index is -1.27. The molecule has 0 aliphatic carbocycles. The minimum Gasteiger partial charge on any atom is -0.506 e. The highest BCUT2D eigenvalue weighted by Crippen LogP contribution is 2.40. The molecule has 2 rings (SSSR count). The topological polar surface area (TPSA) is 127 Å². The normalized spacial score (nSPS) is 10.9. The molecule has 0 fully saturated rings. The van der Waals surface area contributed by atoms with Gasteiger partial charge in [-0.3, -0.25) is 14.4 Å². The lowest BCUT2D eigenvalue weighted by molar-refractivity contribution is -0.135. The molecule has 1 aromatic carbocycles. The summed E-state index contributed by atoms with van der Waals surface area (Å²) < 4.78 is 12.0. The van der Waals surface area contributed by atoms with Crippen LogP contribution in [0.3, 0.4) is 0 Å². The lowest BCUT2D eigenvalue weighted by atomic mass is 10.1. The maximum Gasteiger partial charge on any atom is 0.322 e. The average molecular weight is 392 g/mol. The fourth-order valence-corrected chi connectivity index (χ4v) is 2.90. The molecule has 0 spiro atoms. The van der Waals surface area contributed by atoms with Crippen LogP contribution in [0.2, 0.25) is 0 Å². The summed E-state index contributed by atoms with van der Waals surface area (Å²) in [6, 6.07) is 3.22. The molecule has 0 aliphatic rings. The molecule has 1 amide bonds. The monoisotopic (exact) mass is 392 g/mol. The van der Waals surface area contributed by atoms with Gasteiger partial charge in [-0.05, 0) is 24.5 Å². The molecule has 0 unspecified atom stereocenters. The molecule has 0 saturated heterocycles. The molecule has 0 bridgehead atoms. The Morgan fingerprint density at radius 1 is 1.21 bits per heavy atom. The molecule has 0 saturated carbocycles. The fraction of sp³-hybridized carbons (Fsp3) is 0.421. The second kappa shape index (κ2) is 8.64. The number of aryl methyl sites for hydroxylation is 1. The number of methoxy groups -OCH3 is 2. The number of aliphatic carboxylic acids is 1. The van der Waals surface area contributed by atoms with Crippen LogP contribution in [0.4, 0.5) is 0 Å². The number of ether oxygens (including phenoxy) is 2. The predicted molar refractivity (Wildman–Crippen MR) is 102 cm³/mol. The summed E-state index contributed by atoms with van der Waals surface area (Å²) in [6.07, 6.45) is 0.657. The molecule has 0 atom stereocenters. The van der Waals surface area contributed by atoms with E-state index in [4.69, 9.17) is 14.6 Å². The van der Waals surface area contributed by atoms with Crippen molar-refractivity contribution in [3.05, 3.63) is 28.0 Å². The van der Waals surface area contributed by atoms with Crippen LogP contribution in [-0.4, -0.2) is 47.4 Å². The number of nitrogens with one attached hydrogen (secondary N) is 1. The third-order valence-corrected chi connectivity index (χ3v) is 4.30. The number of aromatic hydroxyl groups is 1. The molecule has 0 aliphatic heterocycles. The van der Waals surface area contributed by atoms with E-state index in [1.807, 2.05) is 13.8 Å². The Bertz CT molecular complexity index is 963. The summed E-state index contributed by atoms with van der Waals surface area (Å²) in [6.45, 7) is 3.62. The Morgan fingerprint density at radius 3 is 2.43 bits per heavy atom. The van der Waals surface area contributed by atoms with Gasteiger partial charge < -0.3 is 29.6 Å². The fourth-order valence-electron chi connectivity index (χ4n) is 2.90. The van der Waals surface area contributed by atoms with Crippen molar-refractivity contribution < 1.29 is 29.3 Å². The maximum absolute atomic E-state index is 13.0. The Hall–Kier alpha value is -3.23. The Morgan fingerprint density at radius 2 is 1.89 bits per heavy atom. The van der Waals surface area contributed by atoms with Gasteiger partial charge in [-0.25, -0.2) is 0 Å². The van der Waals surface area contributed by atoms with Gasteiger partial charge >= 0.3 is 5.97 Å². The van der Waals surface area contributed by atoms with Gasteiger partial charge in [0.2, 0.25) is 0 Å². The van der Waals surface area contributed by atoms with Crippen LogP contribution in [0.15, 0.2) is 16.9 Å². The summed E-state index contributed by atoms with van der Waals surface area (Å²) in [5.41, 5.74) is -0.861. The maximum atomic E-state index is 13.0. The number of carbonyl (C=O) groups excluding carboxylic acids is 1. The lowest BCUT2D eigenvalue weighted by Crippen LogP contribution is -2.36. The number of benzene rings is 1. The van der Waals surface area contributed by atoms with Crippen molar-refractivity contribution in [2.45, 2.75) is 26.8 Å². The second-order valence-corrected chi connectivity index (χ2v) is 6.63. The summed E-state index contributed by atoms with van der Waals surface area (Å²) in [7, 11) is 2.81. The molecule has 9 heteroatoms. The zero-order chi connectivity index (χ0) is 21.0. The van der Waals surface area contributed by atoms with Crippen molar-refractivity contribution in [3.8, 4) is 17.2 Å². The molecule has 28 heavy (non-hydrogen) atoms. The zero-order valence-corrected chi connectivity index (χ0v) is 16.2. The second-order valence-electron chi connectivity index (χ2n) is 6.63. The van der Waals surface area contributed by atoms with Gasteiger partial charge in [0.25, 0.3) is 11.5 Å². The minimum absolute atomic E-state index is 0.144. The summed E-state index contributed by atoms with van der Waals surface area (Å²) in [5, 5.41) is 21.8. The van der Waals surface area contributed by atoms with Gasteiger partial charge in [-0.15, -0.1) is 0 Å². The van der Waals surface area contributed by atoms with Crippen molar-refractivity contribution in [2.75, 3.05) is 20.8 Å². The van der Waals surface area contributed by atoms with Crippen molar-refractivity contribution in [1.82, 2.24) is 9.88 Å². The predicted octanol–water partition coefficient (Wildman–Crippen LogP) is 1.58. The largest absolute Gasteiger partial charge is 0.506 e.